The molecule has 0 aromatic heterocycles. The molecule has 1 nitrogen and oxygen atoms in total. The fraction of sp³-hybridized carbons (Fsp3) is 1.00. The van der Waals surface area contributed by atoms with Crippen LogP contribution < -0.4 is 5.32 Å². The summed E-state index contributed by atoms with van der Waals surface area (Å²) in [7, 11) is 1.66. The van der Waals surface area contributed by atoms with E-state index in [0.717, 1.165) is 22.6 Å². The van der Waals surface area contributed by atoms with Crippen molar-refractivity contribution in [2.45, 2.75) is 78.0 Å². The molecule has 0 aliphatic rings. The molecule has 0 heterocycles. The van der Waals surface area contributed by atoms with Gasteiger partial charge in [-0.15, -0.1) is 15.8 Å². The van der Waals surface area contributed by atoms with Gasteiger partial charge in [0.25, 0.3) is 0 Å². The maximum absolute atomic E-state index is 3.70. The first kappa shape index (κ1) is 26.5. The van der Waals surface area contributed by atoms with Crippen molar-refractivity contribution < 1.29 is 10.9 Å². The van der Waals surface area contributed by atoms with Crippen LogP contribution in [0.25, 0.3) is 0 Å². The van der Waals surface area contributed by atoms with E-state index in [2.05, 4.69) is 89.2 Å². The maximum atomic E-state index is 3.70. The van der Waals surface area contributed by atoms with E-state index in [1.54, 1.807) is 0 Å². The second-order valence-corrected chi connectivity index (χ2v) is 18.7. The molecule has 0 aromatic carbocycles. The molecule has 0 saturated carbocycles. The third-order valence-electron chi connectivity index (χ3n) is 3.75. The van der Waals surface area contributed by atoms with E-state index in [0.29, 0.717) is 0 Å². The van der Waals surface area contributed by atoms with E-state index in [1.807, 2.05) is 0 Å². The van der Waals surface area contributed by atoms with E-state index < -0.39 is 0 Å². The molecule has 0 bridgehead atoms. The van der Waals surface area contributed by atoms with Crippen molar-refractivity contribution in [2.75, 3.05) is 25.4 Å². The molecule has 22 heavy (non-hydrogen) atoms. The van der Waals surface area contributed by atoms with Crippen LogP contribution >= 0.6 is 44.3 Å². The summed E-state index contributed by atoms with van der Waals surface area (Å²) in [5, 5.41) is 3.70. The van der Waals surface area contributed by atoms with Gasteiger partial charge in [-0.05, 0) is 48.0 Å². The summed E-state index contributed by atoms with van der Waals surface area (Å²) in [5.41, 5.74) is 3.50. The fourth-order valence-corrected chi connectivity index (χ4v) is 8.05. The van der Waals surface area contributed by atoms with Gasteiger partial charge in [0.1, 0.15) is 0 Å². The molecule has 140 valence electrons. The first-order valence-electron chi connectivity index (χ1n) is 8.23. The number of halogens is 2. The Morgan fingerprint density at radius 1 is 0.682 bits per heavy atom. The Balaban J connectivity index is 0. The van der Waals surface area contributed by atoms with Gasteiger partial charge in [-0.3, -0.25) is 0 Å². The van der Waals surface area contributed by atoms with Crippen molar-refractivity contribution in [1.82, 2.24) is 5.32 Å². The van der Waals surface area contributed by atoms with Crippen LogP contribution in [-0.4, -0.2) is 48.0 Å². The molecule has 0 unspecified atom stereocenters. The molecule has 0 atom stereocenters. The summed E-state index contributed by atoms with van der Waals surface area (Å²) in [5.74, 6) is 0. The molecule has 1 N–H and O–H groups in total. The zero-order chi connectivity index (χ0) is 17.7. The summed E-state index contributed by atoms with van der Waals surface area (Å²) in [6, 6.07) is 0. The first-order valence-corrected chi connectivity index (χ1v) is 16.4. The van der Waals surface area contributed by atoms with Crippen molar-refractivity contribution in [3.05, 3.63) is 0 Å². The van der Waals surface area contributed by atoms with Gasteiger partial charge in [-0.1, -0.05) is 55.4 Å². The zero-order valence-corrected chi connectivity index (χ0v) is 21.6. The Kier molecular flexibility index (Phi) is 20.1. The Hall–Kier alpha value is 2.27. The van der Waals surface area contributed by atoms with Gasteiger partial charge < -0.3 is 5.32 Å². The van der Waals surface area contributed by atoms with E-state index in [9.17, 15) is 0 Å². The van der Waals surface area contributed by atoms with Gasteiger partial charge in [-0.25, -0.2) is 0 Å². The van der Waals surface area contributed by atoms with Gasteiger partial charge in [0.2, 0.25) is 0 Å². The van der Waals surface area contributed by atoms with E-state index in [4.69, 9.17) is 0 Å². The van der Waals surface area contributed by atoms with E-state index in [1.165, 1.54) is 36.3 Å². The van der Waals surface area contributed by atoms with Crippen LogP contribution in [-0.2, 0) is 10.9 Å². The molecular formula is C16H37Br2NNiP2. The van der Waals surface area contributed by atoms with Crippen LogP contribution in [0.1, 0.15) is 55.4 Å². The first-order chi connectivity index (χ1) is 10.2. The summed E-state index contributed by atoms with van der Waals surface area (Å²) >= 11 is 6.00. The van der Waals surface area contributed by atoms with Crippen molar-refractivity contribution in [3.63, 3.8) is 0 Å². The van der Waals surface area contributed by atoms with Crippen molar-refractivity contribution >= 4 is 44.3 Å². The second kappa shape index (κ2) is 16.7. The molecule has 0 saturated heterocycles. The molecule has 0 aliphatic heterocycles. The third-order valence-corrected chi connectivity index (χ3v) is 10.5. The molecule has 0 fully saturated rings. The van der Waals surface area contributed by atoms with Crippen LogP contribution in [0.15, 0.2) is 0 Å². The van der Waals surface area contributed by atoms with Crippen LogP contribution in [0.5, 0.6) is 0 Å². The quantitative estimate of drug-likeness (QED) is 0.187. The minimum absolute atomic E-state index is 0.207. The standard InChI is InChI=1S/C16H37NP2.2BrH.Ni/c1-13(2)18(14(3)4)11-9-17-10-12-19(15(5)6)16(7)8;;;/h13-17H,9-12H2,1-8H3;2*1H;/q;;;+2/p-2. The molecule has 6 heteroatoms. The summed E-state index contributed by atoms with van der Waals surface area (Å²) in [4.78, 5) is 0. The summed E-state index contributed by atoms with van der Waals surface area (Å²) in [6.45, 7) is 21.6. The third kappa shape index (κ3) is 14.6. The van der Waals surface area contributed by atoms with Crippen molar-refractivity contribution in [1.29, 1.82) is 0 Å². The SMILES string of the molecule is CC(C)P(CCNCCP(C(C)C)C(C)C)C(C)C.[Br][Ni][Br]. The molecule has 0 spiro atoms. The molecular weight excluding hydrogens is 487 g/mol. The molecule has 0 rings (SSSR count). The normalized spacial score (nSPS) is 12.2. The zero-order valence-electron chi connectivity index (χ0n) is 15.6. The summed E-state index contributed by atoms with van der Waals surface area (Å²) < 4.78 is 0. The average Bonchev–Trinajstić information content (AvgIpc) is 2.36. The predicted molar refractivity (Wildman–Crippen MR) is 115 cm³/mol. The minimum atomic E-state index is 0.207. The Morgan fingerprint density at radius 3 is 1.09 bits per heavy atom. The van der Waals surface area contributed by atoms with Crippen molar-refractivity contribution in [2.24, 2.45) is 0 Å². The van der Waals surface area contributed by atoms with E-state index >= 15 is 0 Å². The van der Waals surface area contributed by atoms with Gasteiger partial charge in [0.15, 0.2) is 0 Å². The second-order valence-electron chi connectivity index (χ2n) is 6.65. The van der Waals surface area contributed by atoms with Gasteiger partial charge in [0.05, 0.1) is 0 Å². The van der Waals surface area contributed by atoms with Gasteiger partial charge >= 0.3 is 39.3 Å². The molecule has 0 amide bonds. The van der Waals surface area contributed by atoms with Gasteiger partial charge in [-0.2, -0.15) is 0 Å². The molecule has 0 aromatic rings. The number of hydrogen-bond donors (Lipinski definition) is 1. The van der Waals surface area contributed by atoms with Crippen molar-refractivity contribution in [3.8, 4) is 0 Å². The molecule has 0 aliphatic carbocycles. The number of rotatable bonds is 10. The van der Waals surface area contributed by atoms with Crippen LogP contribution in [0.4, 0.5) is 0 Å². The topological polar surface area (TPSA) is 12.0 Å². The number of nitrogens with one attached hydrogen (secondary N) is 1. The van der Waals surface area contributed by atoms with Crippen LogP contribution in [0.3, 0.4) is 0 Å². The average molecular weight is 524 g/mol. The Bertz CT molecular complexity index is 204. The Morgan fingerprint density at radius 2 is 0.909 bits per heavy atom. The molecule has 0 radical (unpaired) electrons. The van der Waals surface area contributed by atoms with E-state index in [-0.39, 0.29) is 15.8 Å². The predicted octanol–water partition coefficient (Wildman–Crippen LogP) is 6.86. The number of hydrogen-bond acceptors (Lipinski definition) is 1. The Labute approximate surface area is 163 Å². The van der Waals surface area contributed by atoms with Gasteiger partial charge in [0, 0.05) is 0 Å². The fourth-order valence-electron chi connectivity index (χ4n) is 2.77. The summed E-state index contributed by atoms with van der Waals surface area (Å²) in [6.07, 6.45) is 2.79. The monoisotopic (exact) mass is 521 g/mol. The van der Waals surface area contributed by atoms with Crippen LogP contribution in [0.2, 0.25) is 0 Å². The van der Waals surface area contributed by atoms with Crippen LogP contribution in [0, 0.1) is 0 Å².